The number of rotatable bonds is 3. The molecule has 152 valence electrons. The Morgan fingerprint density at radius 3 is 2.00 bits per heavy atom. The van der Waals surface area contributed by atoms with Gasteiger partial charge in [0.1, 0.15) is 12.4 Å². The van der Waals surface area contributed by atoms with Crippen molar-refractivity contribution in [3.05, 3.63) is 23.9 Å². The Hall–Kier alpha value is -3.04. The van der Waals surface area contributed by atoms with Crippen molar-refractivity contribution in [2.24, 2.45) is 14.1 Å². The molecule has 0 bridgehead atoms. The Balaban J connectivity index is 0.000000563. The van der Waals surface area contributed by atoms with Crippen molar-refractivity contribution in [2.45, 2.75) is 33.7 Å². The fraction of sp³-hybridized carbons (Fsp3) is 0.529. The Bertz CT molecular complexity index is 737. The predicted octanol–water partition coefficient (Wildman–Crippen LogP) is -1.02. The first-order chi connectivity index (χ1) is 12.6. The van der Waals surface area contributed by atoms with Gasteiger partial charge in [-0.2, -0.15) is 0 Å². The number of imidazole rings is 2. The van der Waals surface area contributed by atoms with Crippen molar-refractivity contribution in [2.75, 3.05) is 14.2 Å². The number of carbonyl (C=O) groups is 2. The number of hydrogen-bond donors (Lipinski definition) is 1. The molecule has 10 heteroatoms. The smallest absolute Gasteiger partial charge is 0.333 e. The third-order valence-corrected chi connectivity index (χ3v) is 3.81. The molecule has 0 aliphatic rings. The molecule has 0 fully saturated rings. The summed E-state index contributed by atoms with van der Waals surface area (Å²) in [6.07, 6.45) is 2.28. The molecule has 1 N–H and O–H groups in total. The summed E-state index contributed by atoms with van der Waals surface area (Å²) in [7, 11) is 6.29. The second kappa shape index (κ2) is 11.6. The van der Waals surface area contributed by atoms with E-state index < -0.39 is 12.3 Å². The number of aromatic amines is 1. The van der Waals surface area contributed by atoms with Crippen molar-refractivity contribution in [3.8, 4) is 11.5 Å². The van der Waals surface area contributed by atoms with E-state index in [4.69, 9.17) is 19.8 Å². The van der Waals surface area contributed by atoms with Crippen LogP contribution in [-0.2, 0) is 36.5 Å². The largest absolute Gasteiger partial charge is 0.553 e. The lowest BCUT2D eigenvalue weighted by atomic mass is 10.2. The molecule has 0 aromatic carbocycles. The molecule has 0 atom stereocenters. The number of carboxylic acid groups (broad SMARTS) is 2. The van der Waals surface area contributed by atoms with Gasteiger partial charge in [0.25, 0.3) is 23.8 Å². The van der Waals surface area contributed by atoms with Gasteiger partial charge >= 0.3 is 5.82 Å². The molecule has 2 rings (SSSR count). The third-order valence-electron chi connectivity index (χ3n) is 3.81. The van der Waals surface area contributed by atoms with Crippen LogP contribution < -0.4 is 19.3 Å². The summed E-state index contributed by atoms with van der Waals surface area (Å²) in [5, 5.41) is 18.1. The lowest BCUT2D eigenvalue weighted by molar-refractivity contribution is -0.684. The summed E-state index contributed by atoms with van der Waals surface area (Å²) in [5.74, 6) is 2.44. The molecular formula is C17H28N4O6. The maximum absolute atomic E-state index is 9.03. The molecule has 27 heavy (non-hydrogen) atoms. The molecule has 0 saturated carbocycles. The maximum atomic E-state index is 9.03. The van der Waals surface area contributed by atoms with Crippen LogP contribution in [0.25, 0.3) is 11.5 Å². The van der Waals surface area contributed by atoms with E-state index in [1.807, 2.05) is 0 Å². The summed E-state index contributed by atoms with van der Waals surface area (Å²) >= 11 is 0. The second-order valence-corrected chi connectivity index (χ2v) is 5.37. The van der Waals surface area contributed by atoms with Crippen LogP contribution in [0.1, 0.15) is 25.4 Å². The summed E-state index contributed by atoms with van der Waals surface area (Å²) in [5.41, 5.74) is 2.59. The molecule has 0 saturated heterocycles. The van der Waals surface area contributed by atoms with Gasteiger partial charge in [-0.15, -0.1) is 0 Å². The zero-order valence-corrected chi connectivity index (χ0v) is 16.9. The number of methoxy groups -OCH3 is 2. The standard InChI is InChI=1S/C13H21N4.2C2H4O3/c1-6-11-12(14-10(3)16(11)5)13-15(4)8-9-17(13)7-2;2*1-5-2(3)4/h8-9H,6-7H2,1-5H3;2*1H3,(H,3,4)/q+1;;/p-1. The van der Waals surface area contributed by atoms with Gasteiger partial charge in [-0.3, -0.25) is 0 Å². The van der Waals surface area contributed by atoms with Crippen LogP contribution in [-0.4, -0.2) is 36.1 Å². The lowest BCUT2D eigenvalue weighted by Gasteiger charge is -1.97. The van der Waals surface area contributed by atoms with Crippen molar-refractivity contribution in [1.82, 2.24) is 9.55 Å². The first-order valence-electron chi connectivity index (χ1n) is 8.26. The maximum Gasteiger partial charge on any atom is 0.333 e. The minimum absolute atomic E-state index is 0.987. The zero-order valence-electron chi connectivity index (χ0n) is 16.9. The average Bonchev–Trinajstić information content (AvgIpc) is 3.14. The van der Waals surface area contributed by atoms with Gasteiger partial charge in [0.05, 0.1) is 20.6 Å². The fourth-order valence-corrected chi connectivity index (χ4v) is 2.41. The number of nitrogens with one attached hydrogen (secondary N) is 1. The van der Waals surface area contributed by atoms with Crippen LogP contribution in [0.2, 0.25) is 0 Å². The molecule has 0 amide bonds. The summed E-state index contributed by atoms with van der Waals surface area (Å²) in [6, 6.07) is 0. The SMILES string of the molecule is CCc1c(-c2n(CC)cc[n+]2C)[nH]c(C)[n+]1C.COC(=O)[O-].COC(=O)[O-]. The van der Waals surface area contributed by atoms with E-state index in [1.165, 1.54) is 23.0 Å². The number of aryl methyl sites for hydroxylation is 3. The first kappa shape index (κ1) is 24.0. The first-order valence-corrected chi connectivity index (χ1v) is 8.26. The van der Waals surface area contributed by atoms with Crippen LogP contribution in [0.15, 0.2) is 12.4 Å². The average molecular weight is 384 g/mol. The van der Waals surface area contributed by atoms with Crippen LogP contribution in [0.4, 0.5) is 9.59 Å². The van der Waals surface area contributed by atoms with Gasteiger partial charge in [-0.05, 0) is 6.92 Å². The Kier molecular flexibility index (Phi) is 10.3. The van der Waals surface area contributed by atoms with E-state index in [0.29, 0.717) is 0 Å². The topological polar surface area (TPSA) is 127 Å². The molecule has 0 spiro atoms. The second-order valence-electron chi connectivity index (χ2n) is 5.37. The van der Waals surface area contributed by atoms with Crippen molar-refractivity contribution in [3.63, 3.8) is 0 Å². The Labute approximate surface area is 158 Å². The number of ether oxygens (including phenoxy) is 2. The fourth-order valence-electron chi connectivity index (χ4n) is 2.41. The molecule has 10 nitrogen and oxygen atoms in total. The highest BCUT2D eigenvalue weighted by molar-refractivity contribution is 5.53. The number of H-pyrrole nitrogens is 1. The molecule has 0 aliphatic carbocycles. The monoisotopic (exact) mass is 384 g/mol. The Morgan fingerprint density at radius 1 is 1.15 bits per heavy atom. The predicted molar refractivity (Wildman–Crippen MR) is 91.2 cm³/mol. The zero-order chi connectivity index (χ0) is 21.1. The van der Waals surface area contributed by atoms with Gasteiger partial charge in [0.2, 0.25) is 0 Å². The summed E-state index contributed by atoms with van der Waals surface area (Å²) in [6.45, 7) is 7.47. The van der Waals surface area contributed by atoms with E-state index in [9.17, 15) is 0 Å². The van der Waals surface area contributed by atoms with Gasteiger partial charge < -0.3 is 29.3 Å². The van der Waals surface area contributed by atoms with Crippen molar-refractivity contribution in [1.29, 1.82) is 0 Å². The minimum Gasteiger partial charge on any atom is -0.553 e. The molecule has 0 unspecified atom stereocenters. The molecular weight excluding hydrogens is 356 g/mol. The number of nitrogens with zero attached hydrogens (tertiary/aromatic N) is 3. The molecule has 0 radical (unpaired) electrons. The Morgan fingerprint density at radius 2 is 1.63 bits per heavy atom. The number of hydrogen-bond acceptors (Lipinski definition) is 6. The molecule has 2 aromatic rings. The van der Waals surface area contributed by atoms with Gasteiger partial charge in [0, 0.05) is 27.6 Å². The van der Waals surface area contributed by atoms with Gasteiger partial charge in [0.15, 0.2) is 5.69 Å². The van der Waals surface area contributed by atoms with E-state index in [-0.39, 0.29) is 0 Å². The van der Waals surface area contributed by atoms with Crippen LogP contribution in [0.3, 0.4) is 0 Å². The minimum atomic E-state index is -1.50. The van der Waals surface area contributed by atoms with Crippen LogP contribution in [0.5, 0.6) is 0 Å². The lowest BCUT2D eigenvalue weighted by Crippen LogP contribution is -2.35. The van der Waals surface area contributed by atoms with Crippen LogP contribution >= 0.6 is 0 Å². The normalized spacial score (nSPS) is 9.44. The van der Waals surface area contributed by atoms with Crippen molar-refractivity contribution >= 4 is 12.3 Å². The highest BCUT2D eigenvalue weighted by Gasteiger charge is 2.28. The summed E-state index contributed by atoms with van der Waals surface area (Å²) < 4.78 is 13.8. The number of aromatic nitrogens is 4. The quantitative estimate of drug-likeness (QED) is 0.533. The highest BCUT2D eigenvalue weighted by Crippen LogP contribution is 2.17. The summed E-state index contributed by atoms with van der Waals surface area (Å²) in [4.78, 5) is 21.6. The van der Waals surface area contributed by atoms with Gasteiger partial charge in [-0.1, -0.05) is 6.92 Å². The molecule has 0 aliphatic heterocycles. The van der Waals surface area contributed by atoms with Crippen LogP contribution in [0, 0.1) is 6.92 Å². The van der Waals surface area contributed by atoms with E-state index in [1.54, 1.807) is 0 Å². The molecule has 2 heterocycles. The third kappa shape index (κ3) is 7.00. The van der Waals surface area contributed by atoms with E-state index in [0.717, 1.165) is 27.2 Å². The highest BCUT2D eigenvalue weighted by atomic mass is 16.7. The number of carbonyl (C=O) groups excluding carboxylic acids is 2. The van der Waals surface area contributed by atoms with E-state index >= 15 is 0 Å². The van der Waals surface area contributed by atoms with E-state index in [2.05, 4.69) is 75.4 Å². The molecule has 2 aromatic heterocycles. The van der Waals surface area contributed by atoms with Crippen molar-refractivity contribution < 1.29 is 38.4 Å². The van der Waals surface area contributed by atoms with Gasteiger partial charge in [-0.25, -0.2) is 18.7 Å².